The van der Waals surface area contributed by atoms with E-state index < -0.39 is 5.91 Å². The molecule has 144 valence electrons. The quantitative estimate of drug-likeness (QED) is 0.506. The fraction of sp³-hybridized carbons (Fsp3) is 0.143. The predicted molar refractivity (Wildman–Crippen MR) is 107 cm³/mol. The van der Waals surface area contributed by atoms with Gasteiger partial charge in [0, 0.05) is 10.9 Å². The summed E-state index contributed by atoms with van der Waals surface area (Å²) in [4.78, 5) is 12.4. The molecule has 0 aliphatic rings. The molecule has 0 heterocycles. The van der Waals surface area contributed by atoms with Crippen molar-refractivity contribution in [3.05, 3.63) is 59.7 Å². The van der Waals surface area contributed by atoms with Gasteiger partial charge in [0.2, 0.25) is 5.75 Å². The second-order valence-electron chi connectivity index (χ2n) is 5.81. The molecule has 2 N–H and O–H groups in total. The Bertz CT molecular complexity index is 1050. The molecule has 0 radical (unpaired) electrons. The maximum atomic E-state index is 12.4. The van der Waals surface area contributed by atoms with Crippen molar-refractivity contribution >= 4 is 22.9 Å². The number of benzene rings is 3. The van der Waals surface area contributed by atoms with Crippen LogP contribution in [0, 0.1) is 0 Å². The van der Waals surface area contributed by atoms with Crippen molar-refractivity contribution in [3.63, 3.8) is 0 Å². The average molecular weight is 380 g/mol. The molecule has 0 atom stereocenters. The number of phenols is 1. The SMILES string of the molecule is COc1ccc(/C=N\NC(=O)c2ccc3ccccc3c2O)c(OC)c1OC. The van der Waals surface area contributed by atoms with Crippen LogP contribution >= 0.6 is 0 Å². The van der Waals surface area contributed by atoms with Crippen LogP contribution in [0.5, 0.6) is 23.0 Å². The Morgan fingerprint density at radius 2 is 1.71 bits per heavy atom. The maximum Gasteiger partial charge on any atom is 0.275 e. The average Bonchev–Trinajstić information content (AvgIpc) is 2.73. The van der Waals surface area contributed by atoms with Gasteiger partial charge in [-0.2, -0.15) is 5.10 Å². The minimum atomic E-state index is -0.529. The Hall–Kier alpha value is -3.74. The van der Waals surface area contributed by atoms with Crippen LogP contribution in [0.1, 0.15) is 15.9 Å². The van der Waals surface area contributed by atoms with E-state index in [0.29, 0.717) is 28.2 Å². The molecular formula is C21H20N2O5. The highest BCUT2D eigenvalue weighted by Crippen LogP contribution is 2.39. The second-order valence-corrected chi connectivity index (χ2v) is 5.81. The van der Waals surface area contributed by atoms with E-state index >= 15 is 0 Å². The van der Waals surface area contributed by atoms with Crippen LogP contribution in [0.2, 0.25) is 0 Å². The molecule has 3 aromatic rings. The summed E-state index contributed by atoms with van der Waals surface area (Å²) >= 11 is 0. The van der Waals surface area contributed by atoms with E-state index in [1.54, 1.807) is 36.4 Å². The number of fused-ring (bicyclic) bond motifs is 1. The van der Waals surface area contributed by atoms with E-state index in [0.717, 1.165) is 5.39 Å². The van der Waals surface area contributed by atoms with Crippen LogP contribution in [-0.4, -0.2) is 38.6 Å². The van der Waals surface area contributed by atoms with Crippen LogP contribution in [0.4, 0.5) is 0 Å². The predicted octanol–water partition coefficient (Wildman–Crippen LogP) is 3.34. The lowest BCUT2D eigenvalue weighted by molar-refractivity contribution is 0.0952. The second kappa shape index (κ2) is 8.30. The van der Waals surface area contributed by atoms with Crippen LogP contribution in [0.25, 0.3) is 10.8 Å². The van der Waals surface area contributed by atoms with Crippen LogP contribution in [0.3, 0.4) is 0 Å². The number of rotatable bonds is 6. The number of nitrogens with zero attached hydrogens (tertiary/aromatic N) is 1. The molecular weight excluding hydrogens is 360 g/mol. The molecule has 7 heteroatoms. The lowest BCUT2D eigenvalue weighted by Gasteiger charge is -2.13. The molecule has 0 aromatic heterocycles. The number of methoxy groups -OCH3 is 3. The number of carbonyl (C=O) groups is 1. The topological polar surface area (TPSA) is 89.4 Å². The first kappa shape index (κ1) is 19.0. The number of ether oxygens (including phenoxy) is 3. The third-order valence-electron chi connectivity index (χ3n) is 4.25. The Labute approximate surface area is 162 Å². The van der Waals surface area contributed by atoms with Gasteiger partial charge in [-0.3, -0.25) is 4.79 Å². The van der Waals surface area contributed by atoms with Crippen LogP contribution < -0.4 is 19.6 Å². The summed E-state index contributed by atoms with van der Waals surface area (Å²) < 4.78 is 15.9. The van der Waals surface area contributed by atoms with Crippen molar-refractivity contribution < 1.29 is 24.1 Å². The third kappa shape index (κ3) is 3.55. The van der Waals surface area contributed by atoms with Gasteiger partial charge in [0.1, 0.15) is 5.75 Å². The fourth-order valence-corrected chi connectivity index (χ4v) is 2.89. The van der Waals surface area contributed by atoms with E-state index in [-0.39, 0.29) is 11.3 Å². The molecule has 0 unspecified atom stereocenters. The molecule has 28 heavy (non-hydrogen) atoms. The lowest BCUT2D eigenvalue weighted by Crippen LogP contribution is -2.17. The van der Waals surface area contributed by atoms with Gasteiger partial charge in [-0.25, -0.2) is 5.43 Å². The Morgan fingerprint density at radius 3 is 2.43 bits per heavy atom. The smallest absolute Gasteiger partial charge is 0.275 e. The summed E-state index contributed by atoms with van der Waals surface area (Å²) in [7, 11) is 4.53. The van der Waals surface area contributed by atoms with E-state index in [1.165, 1.54) is 27.5 Å². The molecule has 0 aliphatic heterocycles. The summed E-state index contributed by atoms with van der Waals surface area (Å²) in [6.45, 7) is 0. The maximum absolute atomic E-state index is 12.4. The highest BCUT2D eigenvalue weighted by Gasteiger charge is 2.15. The largest absolute Gasteiger partial charge is 0.506 e. The Balaban J connectivity index is 1.84. The summed E-state index contributed by atoms with van der Waals surface area (Å²) in [5.41, 5.74) is 3.13. The van der Waals surface area contributed by atoms with Crippen molar-refractivity contribution in [1.29, 1.82) is 0 Å². The first-order valence-corrected chi connectivity index (χ1v) is 8.43. The number of hydrogen-bond donors (Lipinski definition) is 2. The molecule has 0 bridgehead atoms. The van der Waals surface area contributed by atoms with Gasteiger partial charge in [-0.15, -0.1) is 0 Å². The van der Waals surface area contributed by atoms with Crippen molar-refractivity contribution in [2.75, 3.05) is 21.3 Å². The normalized spacial score (nSPS) is 10.8. The molecule has 0 fully saturated rings. The summed E-state index contributed by atoms with van der Waals surface area (Å²) in [6.07, 6.45) is 1.43. The molecule has 3 aromatic carbocycles. The minimum absolute atomic E-state index is 0.0884. The monoisotopic (exact) mass is 380 g/mol. The minimum Gasteiger partial charge on any atom is -0.506 e. The van der Waals surface area contributed by atoms with Crippen molar-refractivity contribution in [2.45, 2.75) is 0 Å². The van der Waals surface area contributed by atoms with E-state index in [1.807, 2.05) is 12.1 Å². The molecule has 3 rings (SSSR count). The van der Waals surface area contributed by atoms with Gasteiger partial charge in [-0.1, -0.05) is 30.3 Å². The Morgan fingerprint density at radius 1 is 0.964 bits per heavy atom. The summed E-state index contributed by atoms with van der Waals surface area (Å²) in [5.74, 6) is 0.746. The van der Waals surface area contributed by atoms with Crippen molar-refractivity contribution in [1.82, 2.24) is 5.43 Å². The summed E-state index contributed by atoms with van der Waals surface area (Å²) in [5, 5.41) is 15.8. The molecule has 0 spiro atoms. The third-order valence-corrected chi connectivity index (χ3v) is 4.25. The van der Waals surface area contributed by atoms with Crippen LogP contribution in [-0.2, 0) is 0 Å². The van der Waals surface area contributed by atoms with Gasteiger partial charge < -0.3 is 19.3 Å². The molecule has 0 saturated carbocycles. The van der Waals surface area contributed by atoms with Gasteiger partial charge in [-0.05, 0) is 23.6 Å². The first-order chi connectivity index (χ1) is 13.6. The molecule has 0 saturated heterocycles. The van der Waals surface area contributed by atoms with Gasteiger partial charge in [0.25, 0.3) is 5.91 Å². The molecule has 0 aliphatic carbocycles. The van der Waals surface area contributed by atoms with Gasteiger partial charge in [0.15, 0.2) is 11.5 Å². The number of aromatic hydroxyl groups is 1. The number of amides is 1. The van der Waals surface area contributed by atoms with E-state index in [4.69, 9.17) is 14.2 Å². The number of carbonyl (C=O) groups excluding carboxylic acids is 1. The van der Waals surface area contributed by atoms with E-state index in [2.05, 4.69) is 10.5 Å². The highest BCUT2D eigenvalue weighted by atomic mass is 16.5. The van der Waals surface area contributed by atoms with E-state index in [9.17, 15) is 9.90 Å². The number of hydrogen-bond acceptors (Lipinski definition) is 6. The standard InChI is InChI=1S/C21H20N2O5/c1-26-17-11-9-14(19(27-2)20(17)28-3)12-22-23-21(25)16-10-8-13-6-4-5-7-15(13)18(16)24/h4-12,24H,1-3H3,(H,23,25)/b22-12-. The first-order valence-electron chi connectivity index (χ1n) is 8.43. The lowest BCUT2D eigenvalue weighted by atomic mass is 10.1. The highest BCUT2D eigenvalue weighted by molar-refractivity contribution is 6.03. The molecule has 7 nitrogen and oxygen atoms in total. The van der Waals surface area contributed by atoms with Gasteiger partial charge in [0.05, 0.1) is 33.1 Å². The van der Waals surface area contributed by atoms with Crippen molar-refractivity contribution in [3.8, 4) is 23.0 Å². The van der Waals surface area contributed by atoms with Crippen molar-refractivity contribution in [2.24, 2.45) is 5.10 Å². The zero-order chi connectivity index (χ0) is 20.1. The van der Waals surface area contributed by atoms with Crippen LogP contribution in [0.15, 0.2) is 53.6 Å². The summed E-state index contributed by atoms with van der Waals surface area (Å²) in [6, 6.07) is 14.0. The number of nitrogens with one attached hydrogen (secondary N) is 1. The number of phenolic OH excluding ortho intramolecular Hbond substituents is 1. The van der Waals surface area contributed by atoms with Gasteiger partial charge >= 0.3 is 0 Å². The molecule has 1 amide bonds. The number of hydrazone groups is 1. The fourth-order valence-electron chi connectivity index (χ4n) is 2.89. The Kier molecular flexibility index (Phi) is 5.64. The zero-order valence-corrected chi connectivity index (χ0v) is 15.7. The zero-order valence-electron chi connectivity index (χ0n) is 15.7.